The van der Waals surface area contributed by atoms with E-state index in [2.05, 4.69) is 14.7 Å². The van der Waals surface area contributed by atoms with Crippen LogP contribution in [0.4, 0.5) is 0 Å². The number of imidazole rings is 1. The molecule has 0 unspecified atom stereocenters. The van der Waals surface area contributed by atoms with Crippen molar-refractivity contribution in [3.63, 3.8) is 0 Å². The molecule has 6 nitrogen and oxygen atoms in total. The van der Waals surface area contributed by atoms with Crippen LogP contribution in [-0.4, -0.2) is 29.5 Å². The Morgan fingerprint density at radius 1 is 1.29 bits per heavy atom. The van der Waals surface area contributed by atoms with Gasteiger partial charge in [0.1, 0.15) is 15.9 Å². The second-order valence-electron chi connectivity index (χ2n) is 4.59. The van der Waals surface area contributed by atoms with Crippen molar-refractivity contribution in [3.8, 4) is 0 Å². The van der Waals surface area contributed by atoms with Crippen LogP contribution in [0.25, 0.3) is 0 Å². The van der Waals surface area contributed by atoms with Gasteiger partial charge in [0, 0.05) is 31.7 Å². The Bertz CT molecular complexity index is 682. The number of hydrogen-bond acceptors (Lipinski definition) is 4. The van der Waals surface area contributed by atoms with Crippen LogP contribution < -0.4 is 4.72 Å². The van der Waals surface area contributed by atoms with E-state index in [1.165, 1.54) is 18.3 Å². The maximum atomic E-state index is 12.0. The molecule has 2 aromatic rings. The van der Waals surface area contributed by atoms with Gasteiger partial charge in [-0.1, -0.05) is 11.6 Å². The Kier molecular flexibility index (Phi) is 5.33. The minimum absolute atomic E-state index is 0.123. The van der Waals surface area contributed by atoms with Gasteiger partial charge in [0.2, 0.25) is 10.0 Å². The quantitative estimate of drug-likeness (QED) is 0.623. The SMILES string of the molecule is Cc1nccn1CCCCNS(=O)(=O)c1ccc(Cl)nc1. The summed E-state index contributed by atoms with van der Waals surface area (Å²) >= 11 is 5.64. The van der Waals surface area contributed by atoms with Gasteiger partial charge in [-0.05, 0) is 31.9 Å². The first-order chi connectivity index (χ1) is 9.99. The van der Waals surface area contributed by atoms with Crippen LogP contribution in [0.2, 0.25) is 5.15 Å². The summed E-state index contributed by atoms with van der Waals surface area (Å²) in [6, 6.07) is 2.89. The molecule has 0 aliphatic heterocycles. The molecule has 0 aliphatic rings. The fourth-order valence-electron chi connectivity index (χ4n) is 1.86. The molecule has 0 radical (unpaired) electrons. The zero-order valence-corrected chi connectivity index (χ0v) is 13.2. The van der Waals surface area contributed by atoms with Crippen LogP contribution in [0.5, 0.6) is 0 Å². The van der Waals surface area contributed by atoms with Gasteiger partial charge >= 0.3 is 0 Å². The van der Waals surface area contributed by atoms with Gasteiger partial charge < -0.3 is 4.57 Å². The molecule has 0 spiro atoms. The van der Waals surface area contributed by atoms with Gasteiger partial charge in [-0.2, -0.15) is 0 Å². The third kappa shape index (κ3) is 4.52. The average Bonchev–Trinajstić information content (AvgIpc) is 2.84. The van der Waals surface area contributed by atoms with Crippen molar-refractivity contribution < 1.29 is 8.42 Å². The number of rotatable bonds is 7. The average molecular weight is 329 g/mol. The maximum Gasteiger partial charge on any atom is 0.242 e. The molecule has 0 atom stereocenters. The van der Waals surface area contributed by atoms with Gasteiger partial charge in [-0.25, -0.2) is 23.1 Å². The highest BCUT2D eigenvalue weighted by molar-refractivity contribution is 7.89. The zero-order chi connectivity index (χ0) is 15.3. The van der Waals surface area contributed by atoms with Crippen LogP contribution >= 0.6 is 11.6 Å². The van der Waals surface area contributed by atoms with Crippen LogP contribution in [0.1, 0.15) is 18.7 Å². The topological polar surface area (TPSA) is 76.9 Å². The molecule has 2 aromatic heterocycles. The molecule has 114 valence electrons. The number of sulfonamides is 1. The maximum absolute atomic E-state index is 12.0. The summed E-state index contributed by atoms with van der Waals surface area (Å²) in [6.07, 6.45) is 6.54. The molecule has 0 fully saturated rings. The van der Waals surface area contributed by atoms with Crippen LogP contribution in [0, 0.1) is 6.92 Å². The number of aromatic nitrogens is 3. The summed E-state index contributed by atoms with van der Waals surface area (Å²) in [6.45, 7) is 3.16. The number of pyridine rings is 1. The molecule has 8 heteroatoms. The number of hydrogen-bond donors (Lipinski definition) is 1. The first-order valence-corrected chi connectivity index (χ1v) is 8.44. The molecule has 2 rings (SSSR count). The highest BCUT2D eigenvalue weighted by atomic mass is 35.5. The Hall–Kier alpha value is -1.44. The largest absolute Gasteiger partial charge is 0.335 e. The predicted molar refractivity (Wildman–Crippen MR) is 80.6 cm³/mol. The zero-order valence-electron chi connectivity index (χ0n) is 11.7. The third-order valence-corrected chi connectivity index (χ3v) is 4.72. The highest BCUT2D eigenvalue weighted by Crippen LogP contribution is 2.10. The van der Waals surface area contributed by atoms with Gasteiger partial charge in [0.05, 0.1) is 0 Å². The lowest BCUT2D eigenvalue weighted by Crippen LogP contribution is -2.25. The van der Waals surface area contributed by atoms with Crippen molar-refractivity contribution in [2.24, 2.45) is 0 Å². The lowest BCUT2D eigenvalue weighted by atomic mass is 10.3. The smallest absolute Gasteiger partial charge is 0.242 e. The van der Waals surface area contributed by atoms with Gasteiger partial charge in [0.25, 0.3) is 0 Å². The Morgan fingerprint density at radius 3 is 2.71 bits per heavy atom. The van der Waals surface area contributed by atoms with E-state index in [1.54, 1.807) is 6.20 Å². The molecule has 0 saturated heterocycles. The lowest BCUT2D eigenvalue weighted by Gasteiger charge is -2.07. The molecule has 1 N–H and O–H groups in total. The summed E-state index contributed by atoms with van der Waals surface area (Å²) in [7, 11) is -3.51. The molecule has 0 bridgehead atoms. The predicted octanol–water partition coefficient (Wildman–Crippen LogP) is 2.00. The molecule has 21 heavy (non-hydrogen) atoms. The minimum Gasteiger partial charge on any atom is -0.335 e. The molecule has 0 amide bonds. The molecule has 0 aromatic carbocycles. The number of halogens is 1. The van der Waals surface area contributed by atoms with Crippen molar-refractivity contribution in [2.45, 2.75) is 31.2 Å². The summed E-state index contributed by atoms with van der Waals surface area (Å²) in [5.74, 6) is 0.961. The molecule has 0 saturated carbocycles. The van der Waals surface area contributed by atoms with E-state index in [4.69, 9.17) is 11.6 Å². The van der Waals surface area contributed by atoms with E-state index in [9.17, 15) is 8.42 Å². The number of nitrogens with one attached hydrogen (secondary N) is 1. The van der Waals surface area contributed by atoms with Crippen molar-refractivity contribution in [1.82, 2.24) is 19.3 Å². The normalized spacial score (nSPS) is 11.7. The van der Waals surface area contributed by atoms with Crippen molar-refractivity contribution in [3.05, 3.63) is 41.7 Å². The van der Waals surface area contributed by atoms with E-state index >= 15 is 0 Å². The van der Waals surface area contributed by atoms with E-state index in [1.807, 2.05) is 17.7 Å². The van der Waals surface area contributed by atoms with Crippen LogP contribution in [0.15, 0.2) is 35.6 Å². The highest BCUT2D eigenvalue weighted by Gasteiger charge is 2.13. The summed E-state index contributed by atoms with van der Waals surface area (Å²) in [5, 5.41) is 0.268. The molecular formula is C13H17ClN4O2S. The van der Waals surface area contributed by atoms with Crippen LogP contribution in [-0.2, 0) is 16.6 Å². The molecular weight excluding hydrogens is 312 g/mol. The molecule has 2 heterocycles. The van der Waals surface area contributed by atoms with E-state index in [0.29, 0.717) is 6.54 Å². The number of nitrogens with zero attached hydrogens (tertiary/aromatic N) is 3. The van der Waals surface area contributed by atoms with E-state index in [0.717, 1.165) is 25.2 Å². The summed E-state index contributed by atoms with van der Waals surface area (Å²) < 4.78 is 28.6. The van der Waals surface area contributed by atoms with Crippen molar-refractivity contribution >= 4 is 21.6 Å². The summed E-state index contributed by atoms with van der Waals surface area (Å²) in [4.78, 5) is 8.03. The third-order valence-electron chi connectivity index (χ3n) is 3.05. The minimum atomic E-state index is -3.51. The first-order valence-electron chi connectivity index (χ1n) is 6.58. The Morgan fingerprint density at radius 2 is 2.10 bits per heavy atom. The fraction of sp³-hybridized carbons (Fsp3) is 0.385. The Labute approximate surface area is 129 Å². The lowest BCUT2D eigenvalue weighted by molar-refractivity contribution is 0.562. The van der Waals surface area contributed by atoms with E-state index < -0.39 is 10.0 Å². The van der Waals surface area contributed by atoms with Crippen molar-refractivity contribution in [2.75, 3.05) is 6.54 Å². The second-order valence-corrected chi connectivity index (χ2v) is 6.74. The van der Waals surface area contributed by atoms with E-state index in [-0.39, 0.29) is 10.0 Å². The van der Waals surface area contributed by atoms with Gasteiger partial charge in [-0.15, -0.1) is 0 Å². The molecule has 0 aliphatic carbocycles. The van der Waals surface area contributed by atoms with Crippen LogP contribution in [0.3, 0.4) is 0 Å². The monoisotopic (exact) mass is 328 g/mol. The fourth-order valence-corrected chi connectivity index (χ4v) is 2.99. The van der Waals surface area contributed by atoms with Gasteiger partial charge in [0.15, 0.2) is 0 Å². The summed E-state index contributed by atoms with van der Waals surface area (Å²) in [5.41, 5.74) is 0. The first kappa shape index (κ1) is 15.9. The van der Waals surface area contributed by atoms with Crippen molar-refractivity contribution in [1.29, 1.82) is 0 Å². The number of aryl methyl sites for hydroxylation is 2. The Balaban J connectivity index is 1.77. The number of unbranched alkanes of at least 4 members (excludes halogenated alkanes) is 1. The second kappa shape index (κ2) is 7.02. The van der Waals surface area contributed by atoms with Gasteiger partial charge in [-0.3, -0.25) is 0 Å². The standard InChI is InChI=1S/C13H17ClN4O2S/c1-11-15-7-9-18(11)8-3-2-6-17-21(19,20)12-4-5-13(14)16-10-12/h4-5,7,9-10,17H,2-3,6,8H2,1H3.